The van der Waals surface area contributed by atoms with Crippen molar-refractivity contribution >= 4 is 12.2 Å². The molecular formula is C16H24N4O2. The molecule has 1 aromatic rings. The standard InChI is InChI=1S/C16H24N4O2/c1-12-5-7-20(8-6-12)11-14-9-13(3-4-15(14)22-2)10-18-19-16(17)21/h3-4,9-10,12H,5-8,11H2,1-2H3,(H3,17,19,21). The second kappa shape index (κ2) is 7.79. The summed E-state index contributed by atoms with van der Waals surface area (Å²) in [6.07, 6.45) is 4.06. The number of primary amides is 1. The van der Waals surface area contributed by atoms with Crippen LogP contribution in [0.5, 0.6) is 5.75 Å². The van der Waals surface area contributed by atoms with E-state index in [0.29, 0.717) is 0 Å². The molecule has 0 bridgehead atoms. The molecule has 120 valence electrons. The molecule has 1 aliphatic rings. The zero-order chi connectivity index (χ0) is 15.9. The lowest BCUT2D eigenvalue weighted by Crippen LogP contribution is -2.32. The Morgan fingerprint density at radius 2 is 2.23 bits per heavy atom. The first-order chi connectivity index (χ1) is 10.6. The van der Waals surface area contributed by atoms with Gasteiger partial charge in [-0.2, -0.15) is 5.10 Å². The van der Waals surface area contributed by atoms with Gasteiger partial charge in [-0.1, -0.05) is 6.92 Å². The maximum atomic E-state index is 10.6. The molecule has 0 aromatic heterocycles. The number of carbonyl (C=O) groups is 1. The van der Waals surface area contributed by atoms with E-state index < -0.39 is 6.03 Å². The molecule has 0 aliphatic carbocycles. The SMILES string of the molecule is COc1ccc(C=NNC(N)=O)cc1CN1CCC(C)CC1. The first kappa shape index (κ1) is 16.3. The summed E-state index contributed by atoms with van der Waals surface area (Å²) >= 11 is 0. The Bertz CT molecular complexity index is 537. The van der Waals surface area contributed by atoms with Crippen LogP contribution < -0.4 is 15.9 Å². The number of nitrogens with one attached hydrogen (secondary N) is 1. The van der Waals surface area contributed by atoms with Gasteiger partial charge in [-0.15, -0.1) is 0 Å². The maximum Gasteiger partial charge on any atom is 0.332 e. The van der Waals surface area contributed by atoms with Gasteiger partial charge in [0, 0.05) is 12.1 Å². The van der Waals surface area contributed by atoms with Gasteiger partial charge in [-0.25, -0.2) is 10.2 Å². The van der Waals surface area contributed by atoms with Crippen molar-refractivity contribution in [3.63, 3.8) is 0 Å². The predicted octanol–water partition coefficient (Wildman–Crippen LogP) is 1.93. The van der Waals surface area contributed by atoms with Crippen LogP contribution in [0.1, 0.15) is 30.9 Å². The highest BCUT2D eigenvalue weighted by molar-refractivity contribution is 5.82. The van der Waals surface area contributed by atoms with Crippen molar-refractivity contribution in [2.24, 2.45) is 16.8 Å². The number of nitrogens with zero attached hydrogens (tertiary/aromatic N) is 2. The average molecular weight is 304 g/mol. The van der Waals surface area contributed by atoms with Gasteiger partial charge in [0.15, 0.2) is 0 Å². The van der Waals surface area contributed by atoms with E-state index in [4.69, 9.17) is 10.5 Å². The van der Waals surface area contributed by atoms with Crippen LogP contribution in [0.15, 0.2) is 23.3 Å². The zero-order valence-corrected chi connectivity index (χ0v) is 13.2. The summed E-state index contributed by atoms with van der Waals surface area (Å²) in [6.45, 7) is 5.40. The molecule has 0 saturated carbocycles. The minimum atomic E-state index is -0.674. The molecule has 2 amide bonds. The summed E-state index contributed by atoms with van der Waals surface area (Å²) in [5, 5.41) is 3.79. The molecule has 1 aromatic carbocycles. The second-order valence-corrected chi connectivity index (χ2v) is 5.76. The van der Waals surface area contributed by atoms with Crippen LogP contribution in [0.2, 0.25) is 0 Å². The van der Waals surface area contributed by atoms with Crippen LogP contribution in [0, 0.1) is 5.92 Å². The number of urea groups is 1. The lowest BCUT2D eigenvalue weighted by Gasteiger charge is -2.30. The van der Waals surface area contributed by atoms with Crippen molar-refractivity contribution in [2.75, 3.05) is 20.2 Å². The van der Waals surface area contributed by atoms with Gasteiger partial charge in [0.2, 0.25) is 0 Å². The van der Waals surface area contributed by atoms with E-state index in [1.807, 2.05) is 18.2 Å². The third-order valence-corrected chi connectivity index (χ3v) is 3.96. The van der Waals surface area contributed by atoms with Crippen molar-refractivity contribution in [2.45, 2.75) is 26.3 Å². The second-order valence-electron chi connectivity index (χ2n) is 5.76. The molecule has 1 heterocycles. The fourth-order valence-electron chi connectivity index (χ4n) is 2.63. The highest BCUT2D eigenvalue weighted by Crippen LogP contribution is 2.24. The fourth-order valence-corrected chi connectivity index (χ4v) is 2.63. The number of benzene rings is 1. The number of rotatable bonds is 5. The molecular weight excluding hydrogens is 280 g/mol. The van der Waals surface area contributed by atoms with Crippen molar-refractivity contribution in [3.8, 4) is 5.75 Å². The number of hydrogen-bond donors (Lipinski definition) is 2. The number of hydrazone groups is 1. The third-order valence-electron chi connectivity index (χ3n) is 3.96. The van der Waals surface area contributed by atoms with E-state index in [1.54, 1.807) is 13.3 Å². The van der Waals surface area contributed by atoms with E-state index in [2.05, 4.69) is 22.4 Å². The minimum absolute atomic E-state index is 0.674. The number of likely N-dealkylation sites (tertiary alicyclic amines) is 1. The topological polar surface area (TPSA) is 80.0 Å². The molecule has 0 spiro atoms. The molecule has 3 N–H and O–H groups in total. The van der Waals surface area contributed by atoms with Crippen molar-refractivity contribution in [1.29, 1.82) is 0 Å². The van der Waals surface area contributed by atoms with Crippen molar-refractivity contribution < 1.29 is 9.53 Å². The minimum Gasteiger partial charge on any atom is -0.496 e. The Balaban J connectivity index is 2.07. The molecule has 22 heavy (non-hydrogen) atoms. The summed E-state index contributed by atoms with van der Waals surface area (Å²) < 4.78 is 5.44. The first-order valence-electron chi connectivity index (χ1n) is 7.56. The van der Waals surface area contributed by atoms with Gasteiger partial charge >= 0.3 is 6.03 Å². The number of nitrogens with two attached hydrogens (primary N) is 1. The van der Waals surface area contributed by atoms with Crippen LogP contribution in [0.25, 0.3) is 0 Å². The number of carbonyl (C=O) groups excluding carboxylic acids is 1. The molecule has 6 nitrogen and oxygen atoms in total. The van der Waals surface area contributed by atoms with Gasteiger partial charge in [-0.05, 0) is 55.6 Å². The molecule has 0 radical (unpaired) electrons. The highest BCUT2D eigenvalue weighted by Gasteiger charge is 2.17. The Kier molecular flexibility index (Phi) is 5.77. The monoisotopic (exact) mass is 304 g/mol. The molecule has 1 saturated heterocycles. The Morgan fingerprint density at radius 3 is 2.86 bits per heavy atom. The van der Waals surface area contributed by atoms with Crippen molar-refractivity contribution in [3.05, 3.63) is 29.3 Å². The molecule has 6 heteroatoms. The maximum absolute atomic E-state index is 10.6. The lowest BCUT2D eigenvalue weighted by molar-refractivity contribution is 0.183. The van der Waals surface area contributed by atoms with Gasteiger partial charge in [0.1, 0.15) is 5.75 Å². The smallest absolute Gasteiger partial charge is 0.332 e. The van der Waals surface area contributed by atoms with Crippen LogP contribution in [-0.4, -0.2) is 37.3 Å². The van der Waals surface area contributed by atoms with E-state index >= 15 is 0 Å². The number of ether oxygens (including phenoxy) is 1. The van der Waals surface area contributed by atoms with Crippen LogP contribution in [-0.2, 0) is 6.54 Å². The summed E-state index contributed by atoms with van der Waals surface area (Å²) in [5.41, 5.74) is 9.19. The molecule has 1 aliphatic heterocycles. The van der Waals surface area contributed by atoms with Gasteiger partial charge in [0.25, 0.3) is 0 Å². The van der Waals surface area contributed by atoms with E-state index in [0.717, 1.165) is 42.4 Å². The predicted molar refractivity (Wildman–Crippen MR) is 87.0 cm³/mol. The Labute approximate surface area is 131 Å². The molecule has 0 atom stereocenters. The zero-order valence-electron chi connectivity index (χ0n) is 13.2. The largest absolute Gasteiger partial charge is 0.496 e. The normalized spacial score (nSPS) is 16.8. The van der Waals surface area contributed by atoms with Crippen LogP contribution in [0.3, 0.4) is 0 Å². The quantitative estimate of drug-likeness (QED) is 0.644. The van der Waals surface area contributed by atoms with Gasteiger partial charge in [0.05, 0.1) is 13.3 Å². The summed E-state index contributed by atoms with van der Waals surface area (Å²) in [4.78, 5) is 13.1. The molecule has 1 fully saturated rings. The fraction of sp³-hybridized carbons (Fsp3) is 0.500. The van der Waals surface area contributed by atoms with Crippen LogP contribution in [0.4, 0.5) is 4.79 Å². The number of piperidine rings is 1. The van der Waals surface area contributed by atoms with Gasteiger partial charge in [-0.3, -0.25) is 4.90 Å². The average Bonchev–Trinajstić information content (AvgIpc) is 2.49. The summed E-state index contributed by atoms with van der Waals surface area (Å²) in [5.74, 6) is 1.69. The number of amides is 2. The Hall–Kier alpha value is -2.08. The third kappa shape index (κ3) is 4.73. The summed E-state index contributed by atoms with van der Waals surface area (Å²) in [6, 6.07) is 5.18. The highest BCUT2D eigenvalue weighted by atomic mass is 16.5. The number of methoxy groups -OCH3 is 1. The first-order valence-corrected chi connectivity index (χ1v) is 7.56. The lowest BCUT2D eigenvalue weighted by atomic mass is 9.98. The molecule has 2 rings (SSSR count). The van der Waals surface area contributed by atoms with Crippen LogP contribution >= 0.6 is 0 Å². The van der Waals surface area contributed by atoms with Crippen molar-refractivity contribution in [1.82, 2.24) is 10.3 Å². The Morgan fingerprint density at radius 1 is 1.50 bits per heavy atom. The summed E-state index contributed by atoms with van der Waals surface area (Å²) in [7, 11) is 1.68. The van der Waals surface area contributed by atoms with E-state index in [9.17, 15) is 4.79 Å². The molecule has 0 unspecified atom stereocenters. The number of hydrogen-bond acceptors (Lipinski definition) is 4. The van der Waals surface area contributed by atoms with E-state index in [-0.39, 0.29) is 0 Å². The van der Waals surface area contributed by atoms with E-state index in [1.165, 1.54) is 12.8 Å². The van der Waals surface area contributed by atoms with Gasteiger partial charge < -0.3 is 10.5 Å².